The fourth-order valence-electron chi connectivity index (χ4n) is 3.54. The minimum Gasteiger partial charge on any atom is -0.335 e. The number of benzene rings is 2. The van der Waals surface area contributed by atoms with Gasteiger partial charge in [-0.05, 0) is 43.2 Å². The number of carbonyl (C=O) groups excluding carboxylic acids is 1. The Morgan fingerprint density at radius 3 is 2.52 bits per heavy atom. The summed E-state index contributed by atoms with van der Waals surface area (Å²) in [7, 11) is -3.60. The second-order valence-electron chi connectivity index (χ2n) is 7.51. The van der Waals surface area contributed by atoms with E-state index in [1.807, 2.05) is 37.3 Å². The van der Waals surface area contributed by atoms with E-state index in [0.29, 0.717) is 28.7 Å². The van der Waals surface area contributed by atoms with Crippen molar-refractivity contribution in [2.45, 2.75) is 18.7 Å². The van der Waals surface area contributed by atoms with Crippen LogP contribution >= 0.6 is 22.9 Å². The number of halogens is 1. The summed E-state index contributed by atoms with van der Waals surface area (Å²) in [5, 5.41) is 3.07. The van der Waals surface area contributed by atoms with Crippen LogP contribution in [0, 0.1) is 13.8 Å². The van der Waals surface area contributed by atoms with Crippen LogP contribution < -0.4 is 0 Å². The highest BCUT2D eigenvalue weighted by atomic mass is 35.5. The van der Waals surface area contributed by atoms with Crippen molar-refractivity contribution in [3.8, 4) is 10.6 Å². The smallest absolute Gasteiger partial charge is 0.273 e. The van der Waals surface area contributed by atoms with Gasteiger partial charge in [-0.3, -0.25) is 4.79 Å². The zero-order valence-corrected chi connectivity index (χ0v) is 19.6. The molecule has 31 heavy (non-hydrogen) atoms. The van der Waals surface area contributed by atoms with Gasteiger partial charge >= 0.3 is 0 Å². The summed E-state index contributed by atoms with van der Waals surface area (Å²) in [6.07, 6.45) is 0. The summed E-state index contributed by atoms with van der Waals surface area (Å²) < 4.78 is 27.6. The Bertz CT molecular complexity index is 1230. The maximum Gasteiger partial charge on any atom is 0.273 e. The molecule has 162 valence electrons. The molecule has 4 rings (SSSR count). The minimum atomic E-state index is -3.60. The van der Waals surface area contributed by atoms with Crippen molar-refractivity contribution in [2.75, 3.05) is 26.2 Å². The Hall–Kier alpha value is -2.26. The van der Waals surface area contributed by atoms with Gasteiger partial charge in [-0.1, -0.05) is 35.9 Å². The zero-order valence-electron chi connectivity index (χ0n) is 17.2. The van der Waals surface area contributed by atoms with Crippen molar-refractivity contribution in [2.24, 2.45) is 0 Å². The Morgan fingerprint density at radius 1 is 1.06 bits per heavy atom. The van der Waals surface area contributed by atoms with E-state index in [1.165, 1.54) is 15.6 Å². The number of carbonyl (C=O) groups is 1. The third-order valence-corrected chi connectivity index (χ3v) is 8.45. The van der Waals surface area contributed by atoms with Crippen molar-refractivity contribution >= 4 is 38.9 Å². The number of amides is 1. The lowest BCUT2D eigenvalue weighted by atomic mass is 10.2. The van der Waals surface area contributed by atoms with Crippen LogP contribution in [0.3, 0.4) is 0 Å². The van der Waals surface area contributed by atoms with E-state index in [9.17, 15) is 13.2 Å². The predicted octanol–water partition coefficient (Wildman–Crippen LogP) is 4.23. The molecule has 0 spiro atoms. The van der Waals surface area contributed by atoms with E-state index in [2.05, 4.69) is 4.98 Å². The summed E-state index contributed by atoms with van der Waals surface area (Å²) in [6, 6.07) is 12.8. The molecule has 0 bridgehead atoms. The monoisotopic (exact) mass is 475 g/mol. The molecule has 1 aliphatic rings. The van der Waals surface area contributed by atoms with Gasteiger partial charge in [-0.15, -0.1) is 11.3 Å². The molecule has 1 fully saturated rings. The topological polar surface area (TPSA) is 70.6 Å². The maximum atomic E-state index is 13.1. The number of hydrogen-bond donors (Lipinski definition) is 0. The Balaban J connectivity index is 1.45. The van der Waals surface area contributed by atoms with Gasteiger partial charge in [0, 0.05) is 42.1 Å². The van der Waals surface area contributed by atoms with Crippen molar-refractivity contribution in [3.05, 3.63) is 69.7 Å². The van der Waals surface area contributed by atoms with Crippen LogP contribution in [0.2, 0.25) is 5.02 Å². The van der Waals surface area contributed by atoms with Crippen LogP contribution in [0.4, 0.5) is 0 Å². The van der Waals surface area contributed by atoms with Gasteiger partial charge in [0.25, 0.3) is 5.91 Å². The third-order valence-electron chi connectivity index (χ3n) is 5.28. The number of nitrogens with zero attached hydrogens (tertiary/aromatic N) is 3. The fraction of sp³-hybridized carbons (Fsp3) is 0.273. The molecule has 2 aromatic carbocycles. The molecule has 0 radical (unpaired) electrons. The Labute approximate surface area is 191 Å². The number of rotatable bonds is 4. The molecular weight excluding hydrogens is 454 g/mol. The summed E-state index contributed by atoms with van der Waals surface area (Å²) in [5.41, 5.74) is 2.85. The van der Waals surface area contributed by atoms with E-state index in [0.717, 1.165) is 21.7 Å². The molecule has 0 N–H and O–H groups in total. The van der Waals surface area contributed by atoms with Gasteiger partial charge in [0.15, 0.2) is 0 Å². The van der Waals surface area contributed by atoms with Crippen LogP contribution in [0.15, 0.2) is 52.7 Å². The minimum absolute atomic E-state index is 0.187. The quantitative estimate of drug-likeness (QED) is 0.566. The van der Waals surface area contributed by atoms with Crippen LogP contribution in [-0.4, -0.2) is 54.7 Å². The SMILES string of the molecule is Cc1ccc(C)c(S(=O)(=O)N2CCN(C(=O)c3csc(-c4cccc(Cl)c4)n3)CC2)c1. The highest BCUT2D eigenvalue weighted by Crippen LogP contribution is 2.27. The van der Waals surface area contributed by atoms with Crippen LogP contribution in [0.5, 0.6) is 0 Å². The first-order valence-electron chi connectivity index (χ1n) is 9.84. The average molecular weight is 476 g/mol. The number of aromatic nitrogens is 1. The van der Waals surface area contributed by atoms with Crippen molar-refractivity contribution in [3.63, 3.8) is 0 Å². The molecule has 0 unspecified atom stereocenters. The highest BCUT2D eigenvalue weighted by molar-refractivity contribution is 7.89. The summed E-state index contributed by atoms with van der Waals surface area (Å²) in [4.78, 5) is 19.4. The first kappa shape index (κ1) is 22.0. The second kappa shape index (κ2) is 8.70. The normalized spacial score (nSPS) is 15.3. The van der Waals surface area contributed by atoms with Crippen LogP contribution in [0.1, 0.15) is 21.6 Å². The first-order chi connectivity index (χ1) is 14.8. The molecular formula is C22H22ClN3O3S2. The number of aryl methyl sites for hydroxylation is 2. The van der Waals surface area contributed by atoms with E-state index >= 15 is 0 Å². The van der Waals surface area contributed by atoms with Crippen molar-refractivity contribution < 1.29 is 13.2 Å². The third kappa shape index (κ3) is 4.52. The Kier molecular flexibility index (Phi) is 6.16. The second-order valence-corrected chi connectivity index (χ2v) is 10.7. The van der Waals surface area contributed by atoms with Crippen molar-refractivity contribution in [1.29, 1.82) is 0 Å². The lowest BCUT2D eigenvalue weighted by Crippen LogP contribution is -2.50. The Morgan fingerprint density at radius 2 is 1.81 bits per heavy atom. The number of thiazole rings is 1. The van der Waals surface area contributed by atoms with E-state index in [-0.39, 0.29) is 19.0 Å². The predicted molar refractivity (Wildman–Crippen MR) is 123 cm³/mol. The van der Waals surface area contributed by atoms with E-state index in [4.69, 9.17) is 11.6 Å². The number of piperazine rings is 1. The average Bonchev–Trinajstić information content (AvgIpc) is 3.25. The number of sulfonamides is 1. The van der Waals surface area contributed by atoms with Crippen LogP contribution in [-0.2, 0) is 10.0 Å². The standard InChI is InChI=1S/C22H22ClN3O3S2/c1-15-6-7-16(2)20(12-15)31(28,29)26-10-8-25(9-11-26)22(27)19-14-30-21(24-19)17-4-3-5-18(23)13-17/h3-7,12-14H,8-11H2,1-2H3. The van der Waals surface area contributed by atoms with Gasteiger partial charge in [-0.25, -0.2) is 13.4 Å². The van der Waals surface area contributed by atoms with Gasteiger partial charge < -0.3 is 4.90 Å². The van der Waals surface area contributed by atoms with E-state index < -0.39 is 10.0 Å². The zero-order chi connectivity index (χ0) is 22.2. The van der Waals surface area contributed by atoms with Gasteiger partial charge in [0.1, 0.15) is 10.7 Å². The lowest BCUT2D eigenvalue weighted by molar-refractivity contribution is 0.0693. The molecule has 1 saturated heterocycles. The molecule has 9 heteroatoms. The van der Waals surface area contributed by atoms with Gasteiger partial charge in [0.2, 0.25) is 10.0 Å². The summed E-state index contributed by atoms with van der Waals surface area (Å²) in [5.74, 6) is -0.187. The number of hydrogen-bond acceptors (Lipinski definition) is 5. The molecule has 1 amide bonds. The molecule has 2 heterocycles. The molecule has 0 atom stereocenters. The van der Waals surface area contributed by atoms with Crippen LogP contribution in [0.25, 0.3) is 10.6 Å². The summed E-state index contributed by atoms with van der Waals surface area (Å²) >= 11 is 7.43. The molecule has 1 aromatic heterocycles. The molecule has 0 aliphatic carbocycles. The highest BCUT2D eigenvalue weighted by Gasteiger charge is 2.32. The molecule has 1 aliphatic heterocycles. The fourth-order valence-corrected chi connectivity index (χ4v) is 6.26. The maximum absolute atomic E-state index is 13.1. The van der Waals surface area contributed by atoms with Gasteiger partial charge in [0.05, 0.1) is 4.90 Å². The molecule has 6 nitrogen and oxygen atoms in total. The molecule has 0 saturated carbocycles. The molecule has 3 aromatic rings. The van der Waals surface area contributed by atoms with Gasteiger partial charge in [-0.2, -0.15) is 4.31 Å². The van der Waals surface area contributed by atoms with E-state index in [1.54, 1.807) is 29.3 Å². The summed E-state index contributed by atoms with van der Waals surface area (Å²) in [6.45, 7) is 4.84. The lowest BCUT2D eigenvalue weighted by Gasteiger charge is -2.34. The van der Waals surface area contributed by atoms with Crippen molar-refractivity contribution in [1.82, 2.24) is 14.2 Å². The largest absolute Gasteiger partial charge is 0.335 e. The first-order valence-corrected chi connectivity index (χ1v) is 12.5.